The molecule has 0 aromatic heterocycles. The third-order valence-corrected chi connectivity index (χ3v) is 1.60. The highest BCUT2D eigenvalue weighted by Gasteiger charge is 1.87. The molecule has 0 heterocycles. The second-order valence-corrected chi connectivity index (χ2v) is 3.13. The second kappa shape index (κ2) is 9.96. The number of esters is 2. The van der Waals surface area contributed by atoms with Crippen molar-refractivity contribution in [2.24, 2.45) is 0 Å². The van der Waals surface area contributed by atoms with Gasteiger partial charge in [0, 0.05) is 13.8 Å². The maximum atomic E-state index is 10.4. The van der Waals surface area contributed by atoms with Gasteiger partial charge in [-0.3, -0.25) is 9.59 Å². The van der Waals surface area contributed by atoms with Gasteiger partial charge in [-0.05, 0) is 12.8 Å². The lowest BCUT2D eigenvalue weighted by atomic mass is 10.3. The first-order chi connectivity index (χ1) is 7.63. The first kappa shape index (κ1) is 14.4. The summed E-state index contributed by atoms with van der Waals surface area (Å²) >= 11 is 0. The van der Waals surface area contributed by atoms with E-state index in [1.807, 2.05) is 12.2 Å². The van der Waals surface area contributed by atoms with Gasteiger partial charge < -0.3 is 9.47 Å². The van der Waals surface area contributed by atoms with Crippen LogP contribution >= 0.6 is 0 Å². The Balaban J connectivity index is 3.31. The molecule has 0 fully saturated rings. The topological polar surface area (TPSA) is 52.6 Å². The van der Waals surface area contributed by atoms with Crippen LogP contribution in [0.1, 0.15) is 26.7 Å². The Morgan fingerprint density at radius 2 is 1.19 bits per heavy atom. The normalized spacial score (nSPS) is 10.9. The molecular weight excluding hydrogens is 208 g/mol. The van der Waals surface area contributed by atoms with E-state index in [-0.39, 0.29) is 11.9 Å². The van der Waals surface area contributed by atoms with Crippen molar-refractivity contribution in [2.75, 3.05) is 13.2 Å². The molecule has 0 aromatic rings. The number of unbranched alkanes of at least 4 members (excludes halogenated alkanes) is 1. The summed E-state index contributed by atoms with van der Waals surface area (Å²) in [7, 11) is 0. The summed E-state index contributed by atoms with van der Waals surface area (Å²) in [5.74, 6) is -0.545. The zero-order valence-corrected chi connectivity index (χ0v) is 9.77. The SMILES string of the molecule is CC(=O)OC/C=C/CC/C=C/COC(C)=O. The number of carbonyl (C=O) groups excluding carboxylic acids is 2. The zero-order valence-electron chi connectivity index (χ0n) is 9.77. The van der Waals surface area contributed by atoms with Crippen molar-refractivity contribution >= 4 is 11.9 Å². The molecule has 4 nitrogen and oxygen atoms in total. The third kappa shape index (κ3) is 12.4. The van der Waals surface area contributed by atoms with Crippen LogP contribution in [0.25, 0.3) is 0 Å². The largest absolute Gasteiger partial charge is 0.462 e. The average Bonchev–Trinajstić information content (AvgIpc) is 2.20. The van der Waals surface area contributed by atoms with E-state index in [0.29, 0.717) is 13.2 Å². The summed E-state index contributed by atoms with van der Waals surface area (Å²) in [5.41, 5.74) is 0. The molecule has 0 aromatic carbocycles. The predicted octanol–water partition coefficient (Wildman–Crippen LogP) is 2.01. The van der Waals surface area contributed by atoms with E-state index in [1.54, 1.807) is 12.2 Å². The number of carbonyl (C=O) groups is 2. The smallest absolute Gasteiger partial charge is 0.302 e. The number of hydrogen-bond acceptors (Lipinski definition) is 4. The van der Waals surface area contributed by atoms with Crippen molar-refractivity contribution in [1.29, 1.82) is 0 Å². The van der Waals surface area contributed by atoms with Gasteiger partial charge in [0.05, 0.1) is 0 Å². The maximum Gasteiger partial charge on any atom is 0.302 e. The molecule has 0 radical (unpaired) electrons. The van der Waals surface area contributed by atoms with Crippen LogP contribution in [-0.4, -0.2) is 25.2 Å². The van der Waals surface area contributed by atoms with Crippen molar-refractivity contribution in [3.05, 3.63) is 24.3 Å². The van der Waals surface area contributed by atoms with Crippen molar-refractivity contribution < 1.29 is 19.1 Å². The van der Waals surface area contributed by atoms with E-state index in [1.165, 1.54) is 13.8 Å². The minimum Gasteiger partial charge on any atom is -0.462 e. The highest BCUT2D eigenvalue weighted by Crippen LogP contribution is 1.93. The molecule has 4 heteroatoms. The lowest BCUT2D eigenvalue weighted by Crippen LogP contribution is -1.97. The van der Waals surface area contributed by atoms with E-state index in [2.05, 4.69) is 0 Å². The molecule has 0 aliphatic heterocycles. The van der Waals surface area contributed by atoms with Crippen LogP contribution in [0, 0.1) is 0 Å². The molecule has 0 N–H and O–H groups in total. The number of ether oxygens (including phenoxy) is 2. The minimum absolute atomic E-state index is 0.272. The molecule has 0 bridgehead atoms. The number of allylic oxidation sites excluding steroid dienone is 2. The summed E-state index contributed by atoms with van der Waals surface area (Å²) in [6.07, 6.45) is 9.25. The van der Waals surface area contributed by atoms with Gasteiger partial charge in [0.25, 0.3) is 0 Å². The van der Waals surface area contributed by atoms with Crippen molar-refractivity contribution in [1.82, 2.24) is 0 Å². The van der Waals surface area contributed by atoms with Gasteiger partial charge in [-0.25, -0.2) is 0 Å². The van der Waals surface area contributed by atoms with Crippen molar-refractivity contribution in [3.8, 4) is 0 Å². The fraction of sp³-hybridized carbons (Fsp3) is 0.500. The molecule has 90 valence electrons. The van der Waals surface area contributed by atoms with Crippen molar-refractivity contribution in [2.45, 2.75) is 26.7 Å². The van der Waals surface area contributed by atoms with Crippen LogP contribution in [0.3, 0.4) is 0 Å². The van der Waals surface area contributed by atoms with Gasteiger partial charge in [0.2, 0.25) is 0 Å². The van der Waals surface area contributed by atoms with Gasteiger partial charge >= 0.3 is 11.9 Å². The van der Waals surface area contributed by atoms with E-state index >= 15 is 0 Å². The van der Waals surface area contributed by atoms with E-state index in [0.717, 1.165) is 12.8 Å². The summed E-state index contributed by atoms with van der Waals surface area (Å²) < 4.78 is 9.42. The maximum absolute atomic E-state index is 10.4. The molecule has 0 saturated carbocycles. The lowest BCUT2D eigenvalue weighted by Gasteiger charge is -1.95. The fourth-order valence-corrected chi connectivity index (χ4v) is 0.895. The molecule has 0 saturated heterocycles. The molecule has 0 atom stereocenters. The molecule has 0 spiro atoms. The Morgan fingerprint density at radius 1 is 0.812 bits per heavy atom. The molecule has 0 rings (SSSR count). The lowest BCUT2D eigenvalue weighted by molar-refractivity contribution is -0.140. The highest BCUT2D eigenvalue weighted by molar-refractivity contribution is 5.66. The number of rotatable bonds is 7. The van der Waals surface area contributed by atoms with Gasteiger partial charge in [-0.15, -0.1) is 0 Å². The van der Waals surface area contributed by atoms with Gasteiger partial charge in [-0.1, -0.05) is 24.3 Å². The molecule has 0 unspecified atom stereocenters. The van der Waals surface area contributed by atoms with Crippen LogP contribution in [0.15, 0.2) is 24.3 Å². The standard InChI is InChI=1S/C12H18O4/c1-11(13)15-9-7-5-3-4-6-8-10-16-12(2)14/h5-8H,3-4,9-10H2,1-2H3/b7-5+,8-6+. The minimum atomic E-state index is -0.272. The monoisotopic (exact) mass is 226 g/mol. The summed E-state index contributed by atoms with van der Waals surface area (Å²) in [4.78, 5) is 20.8. The van der Waals surface area contributed by atoms with Gasteiger partial charge in [0.15, 0.2) is 0 Å². The van der Waals surface area contributed by atoms with E-state index in [9.17, 15) is 9.59 Å². The molecule has 0 aliphatic carbocycles. The van der Waals surface area contributed by atoms with Crippen LogP contribution < -0.4 is 0 Å². The highest BCUT2D eigenvalue weighted by atomic mass is 16.5. The Kier molecular flexibility index (Phi) is 8.97. The van der Waals surface area contributed by atoms with Gasteiger partial charge in [-0.2, -0.15) is 0 Å². The summed E-state index contributed by atoms with van der Waals surface area (Å²) in [6, 6.07) is 0. The zero-order chi connectivity index (χ0) is 12.2. The molecule has 0 amide bonds. The molecule has 0 aliphatic rings. The van der Waals surface area contributed by atoms with Crippen molar-refractivity contribution in [3.63, 3.8) is 0 Å². The average molecular weight is 226 g/mol. The Morgan fingerprint density at radius 3 is 1.50 bits per heavy atom. The quantitative estimate of drug-likeness (QED) is 0.378. The Bertz CT molecular complexity index is 238. The van der Waals surface area contributed by atoms with Crippen LogP contribution in [0.5, 0.6) is 0 Å². The van der Waals surface area contributed by atoms with Crippen LogP contribution in [-0.2, 0) is 19.1 Å². The molecular formula is C12H18O4. The Hall–Kier alpha value is -1.58. The predicted molar refractivity (Wildman–Crippen MR) is 60.8 cm³/mol. The van der Waals surface area contributed by atoms with Crippen LogP contribution in [0.4, 0.5) is 0 Å². The second-order valence-electron chi connectivity index (χ2n) is 3.13. The van der Waals surface area contributed by atoms with Gasteiger partial charge in [0.1, 0.15) is 13.2 Å². The first-order valence-electron chi connectivity index (χ1n) is 5.19. The van der Waals surface area contributed by atoms with Crippen LogP contribution in [0.2, 0.25) is 0 Å². The number of hydrogen-bond donors (Lipinski definition) is 0. The fourth-order valence-electron chi connectivity index (χ4n) is 0.895. The third-order valence-electron chi connectivity index (χ3n) is 1.60. The van der Waals surface area contributed by atoms with E-state index < -0.39 is 0 Å². The first-order valence-corrected chi connectivity index (χ1v) is 5.19. The molecule has 16 heavy (non-hydrogen) atoms. The summed E-state index contributed by atoms with van der Waals surface area (Å²) in [6.45, 7) is 3.41. The Labute approximate surface area is 95.9 Å². The summed E-state index contributed by atoms with van der Waals surface area (Å²) in [5, 5.41) is 0. The van der Waals surface area contributed by atoms with E-state index in [4.69, 9.17) is 9.47 Å².